The summed E-state index contributed by atoms with van der Waals surface area (Å²) in [5.74, 6) is 1.78. The summed E-state index contributed by atoms with van der Waals surface area (Å²) in [7, 11) is 1.79. The van der Waals surface area contributed by atoms with E-state index < -0.39 is 5.91 Å². The predicted octanol–water partition coefficient (Wildman–Crippen LogP) is 2.70. The van der Waals surface area contributed by atoms with E-state index in [0.717, 1.165) is 37.8 Å². The van der Waals surface area contributed by atoms with E-state index in [1.54, 1.807) is 7.05 Å². The summed E-state index contributed by atoms with van der Waals surface area (Å²) in [5, 5.41) is 6.66. The number of amides is 1. The molecule has 0 saturated carbocycles. The summed E-state index contributed by atoms with van der Waals surface area (Å²) in [4.78, 5) is 14.9. The second kappa shape index (κ2) is 14.6. The highest BCUT2D eigenvalue weighted by Crippen LogP contribution is 2.12. The van der Waals surface area contributed by atoms with Crippen LogP contribution < -0.4 is 21.1 Å². The number of unbranched alkanes of at least 4 members (excludes halogenated alkanes) is 1. The molecule has 0 aliphatic carbocycles. The van der Waals surface area contributed by atoms with E-state index in [2.05, 4.69) is 29.5 Å². The van der Waals surface area contributed by atoms with Gasteiger partial charge in [-0.2, -0.15) is 0 Å². The van der Waals surface area contributed by atoms with Gasteiger partial charge in [0.25, 0.3) is 5.91 Å². The lowest BCUT2D eigenvalue weighted by Gasteiger charge is -2.12. The largest absolute Gasteiger partial charge is 0.484 e. The molecule has 0 aliphatic heterocycles. The molecule has 0 bridgehead atoms. The van der Waals surface area contributed by atoms with Gasteiger partial charge in [0.1, 0.15) is 5.75 Å². The van der Waals surface area contributed by atoms with Crippen molar-refractivity contribution in [1.29, 1.82) is 0 Å². The highest BCUT2D eigenvalue weighted by Gasteiger charge is 2.01. The Morgan fingerprint density at radius 3 is 2.38 bits per heavy atom. The standard InChI is InChI=1S/C19H32N4O2.HI/c1-15(2)6-4-5-12-22-19(21-3)23-13-11-16-7-9-17(10-8-16)25-14-18(20)24;/h7-10,15H,4-6,11-14H2,1-3H3,(H2,20,24)(H2,21,22,23);1H. The minimum Gasteiger partial charge on any atom is -0.484 e. The highest BCUT2D eigenvalue weighted by atomic mass is 127. The Morgan fingerprint density at radius 2 is 1.81 bits per heavy atom. The van der Waals surface area contributed by atoms with Gasteiger partial charge in [0.05, 0.1) is 0 Å². The maximum atomic E-state index is 10.7. The Kier molecular flexibility index (Phi) is 13.8. The Labute approximate surface area is 174 Å². The maximum Gasteiger partial charge on any atom is 0.255 e. The number of hydrogen-bond donors (Lipinski definition) is 3. The van der Waals surface area contributed by atoms with Crippen LogP contribution in [0.2, 0.25) is 0 Å². The molecule has 0 unspecified atom stereocenters. The highest BCUT2D eigenvalue weighted by molar-refractivity contribution is 14.0. The van der Waals surface area contributed by atoms with E-state index in [1.165, 1.54) is 18.4 Å². The van der Waals surface area contributed by atoms with Crippen LogP contribution in [-0.4, -0.2) is 38.6 Å². The monoisotopic (exact) mass is 476 g/mol. The van der Waals surface area contributed by atoms with E-state index in [0.29, 0.717) is 5.75 Å². The zero-order valence-corrected chi connectivity index (χ0v) is 18.4. The minimum absolute atomic E-state index is 0. The van der Waals surface area contributed by atoms with Crippen LogP contribution in [-0.2, 0) is 11.2 Å². The number of nitrogens with zero attached hydrogens (tertiary/aromatic N) is 1. The smallest absolute Gasteiger partial charge is 0.255 e. The molecule has 0 aromatic heterocycles. The van der Waals surface area contributed by atoms with E-state index in [4.69, 9.17) is 10.5 Å². The number of benzene rings is 1. The number of nitrogens with one attached hydrogen (secondary N) is 2. The molecule has 0 radical (unpaired) electrons. The fourth-order valence-corrected chi connectivity index (χ4v) is 2.34. The van der Waals surface area contributed by atoms with Crippen molar-refractivity contribution in [3.05, 3.63) is 29.8 Å². The first-order valence-electron chi connectivity index (χ1n) is 8.95. The summed E-state index contributed by atoms with van der Waals surface area (Å²) in [6.45, 7) is 6.15. The molecule has 0 aliphatic rings. The zero-order valence-electron chi connectivity index (χ0n) is 16.1. The fourth-order valence-electron chi connectivity index (χ4n) is 2.34. The molecule has 0 fully saturated rings. The maximum absolute atomic E-state index is 10.7. The van der Waals surface area contributed by atoms with Gasteiger partial charge in [-0.05, 0) is 36.5 Å². The van der Waals surface area contributed by atoms with E-state index in [-0.39, 0.29) is 30.6 Å². The van der Waals surface area contributed by atoms with E-state index in [9.17, 15) is 4.79 Å². The third kappa shape index (κ3) is 11.9. The summed E-state index contributed by atoms with van der Waals surface area (Å²) < 4.78 is 5.24. The second-order valence-electron chi connectivity index (χ2n) is 6.46. The van der Waals surface area contributed by atoms with Gasteiger partial charge in [0.2, 0.25) is 0 Å². The first-order chi connectivity index (χ1) is 12.0. The van der Waals surface area contributed by atoms with Crippen molar-refractivity contribution in [2.45, 2.75) is 39.5 Å². The average Bonchev–Trinajstić information content (AvgIpc) is 2.58. The quantitative estimate of drug-likeness (QED) is 0.198. The molecule has 0 atom stereocenters. The lowest BCUT2D eigenvalue weighted by molar-refractivity contribution is -0.119. The lowest BCUT2D eigenvalue weighted by atomic mass is 10.1. The molecule has 1 amide bonds. The molecule has 26 heavy (non-hydrogen) atoms. The van der Waals surface area contributed by atoms with Crippen molar-refractivity contribution < 1.29 is 9.53 Å². The van der Waals surface area contributed by atoms with Gasteiger partial charge in [0, 0.05) is 20.1 Å². The number of halogens is 1. The molecular weight excluding hydrogens is 443 g/mol. The van der Waals surface area contributed by atoms with Crippen LogP contribution in [0.5, 0.6) is 5.75 Å². The molecule has 4 N–H and O–H groups in total. The molecule has 1 aromatic carbocycles. The first kappa shape index (κ1) is 24.5. The molecule has 6 nitrogen and oxygen atoms in total. The van der Waals surface area contributed by atoms with Crippen LogP contribution in [0.3, 0.4) is 0 Å². The van der Waals surface area contributed by atoms with Gasteiger partial charge in [0.15, 0.2) is 12.6 Å². The number of carbonyl (C=O) groups excluding carboxylic acids is 1. The van der Waals surface area contributed by atoms with Crippen LogP contribution >= 0.6 is 24.0 Å². The molecule has 0 spiro atoms. The van der Waals surface area contributed by atoms with Crippen LogP contribution in [0.15, 0.2) is 29.3 Å². The van der Waals surface area contributed by atoms with Crippen LogP contribution in [0.4, 0.5) is 0 Å². The molecule has 1 aromatic rings. The summed E-state index contributed by atoms with van der Waals surface area (Å²) >= 11 is 0. The van der Waals surface area contributed by atoms with Gasteiger partial charge >= 0.3 is 0 Å². The summed E-state index contributed by atoms with van der Waals surface area (Å²) in [6, 6.07) is 7.67. The lowest BCUT2D eigenvalue weighted by Crippen LogP contribution is -2.38. The molecule has 0 heterocycles. The molecule has 148 valence electrons. The Balaban J connectivity index is 0.00000625. The van der Waals surface area contributed by atoms with E-state index >= 15 is 0 Å². The molecular formula is C19H33IN4O2. The molecule has 1 rings (SSSR count). The zero-order chi connectivity index (χ0) is 18.5. The third-order valence-electron chi connectivity index (χ3n) is 3.73. The Morgan fingerprint density at radius 1 is 1.15 bits per heavy atom. The predicted molar refractivity (Wildman–Crippen MR) is 118 cm³/mol. The van der Waals surface area contributed by atoms with Crippen LogP contribution in [0, 0.1) is 5.92 Å². The first-order valence-corrected chi connectivity index (χ1v) is 8.95. The van der Waals surface area contributed by atoms with Crippen LogP contribution in [0.25, 0.3) is 0 Å². The average molecular weight is 476 g/mol. The van der Waals surface area contributed by atoms with Gasteiger partial charge in [-0.15, -0.1) is 24.0 Å². The van der Waals surface area contributed by atoms with Crippen molar-refractivity contribution in [2.75, 3.05) is 26.7 Å². The van der Waals surface area contributed by atoms with Gasteiger partial charge in [-0.3, -0.25) is 9.79 Å². The van der Waals surface area contributed by atoms with Gasteiger partial charge in [-0.25, -0.2) is 0 Å². The molecule has 0 saturated heterocycles. The van der Waals surface area contributed by atoms with Crippen LogP contribution in [0.1, 0.15) is 38.7 Å². The number of nitrogens with two attached hydrogens (primary N) is 1. The number of primary amides is 1. The van der Waals surface area contributed by atoms with Crippen molar-refractivity contribution in [1.82, 2.24) is 10.6 Å². The summed E-state index contributed by atoms with van der Waals surface area (Å²) in [6.07, 6.45) is 4.55. The number of guanidine groups is 1. The van der Waals surface area contributed by atoms with Crippen molar-refractivity contribution >= 4 is 35.8 Å². The van der Waals surface area contributed by atoms with Gasteiger partial charge in [-0.1, -0.05) is 38.8 Å². The topological polar surface area (TPSA) is 88.7 Å². The van der Waals surface area contributed by atoms with Crippen molar-refractivity contribution in [3.63, 3.8) is 0 Å². The number of carbonyl (C=O) groups is 1. The second-order valence-corrected chi connectivity index (χ2v) is 6.46. The SMILES string of the molecule is CN=C(NCCCCC(C)C)NCCc1ccc(OCC(N)=O)cc1.I. The normalized spacial score (nSPS) is 11.0. The number of ether oxygens (including phenoxy) is 1. The fraction of sp³-hybridized carbons (Fsp3) is 0.579. The third-order valence-corrected chi connectivity index (χ3v) is 3.73. The Hall–Kier alpha value is -1.51. The van der Waals surface area contributed by atoms with E-state index in [1.807, 2.05) is 24.3 Å². The van der Waals surface area contributed by atoms with Crippen molar-refractivity contribution in [3.8, 4) is 5.75 Å². The number of rotatable bonds is 11. The number of aliphatic imine (C=N–C) groups is 1. The van der Waals surface area contributed by atoms with Gasteiger partial charge < -0.3 is 21.1 Å². The number of hydrogen-bond acceptors (Lipinski definition) is 3. The minimum atomic E-state index is -0.476. The van der Waals surface area contributed by atoms with Crippen molar-refractivity contribution in [2.24, 2.45) is 16.6 Å². The summed E-state index contributed by atoms with van der Waals surface area (Å²) in [5.41, 5.74) is 6.24. The Bertz CT molecular complexity index is 533. The molecule has 7 heteroatoms.